The first-order chi connectivity index (χ1) is 13.2. The lowest BCUT2D eigenvalue weighted by molar-refractivity contribution is 0.0759. The summed E-state index contributed by atoms with van der Waals surface area (Å²) in [4.78, 5) is 37.0. The van der Waals surface area contributed by atoms with Crippen LogP contribution >= 0.6 is 23.1 Å². The van der Waals surface area contributed by atoms with Crippen molar-refractivity contribution in [2.45, 2.75) is 51.3 Å². The summed E-state index contributed by atoms with van der Waals surface area (Å²) in [5.41, 5.74) is 2.94. The Morgan fingerprint density at radius 2 is 2.00 bits per heavy atom. The third kappa shape index (κ3) is 4.00. The second-order valence-corrected chi connectivity index (χ2v) is 9.33. The lowest BCUT2D eigenvalue weighted by atomic mass is 10.2. The number of nitrogens with one attached hydrogen (secondary N) is 1. The molecule has 2 heterocycles. The minimum atomic E-state index is -0.179. The van der Waals surface area contributed by atoms with Crippen molar-refractivity contribution in [2.75, 3.05) is 7.05 Å². The van der Waals surface area contributed by atoms with Gasteiger partial charge in [0, 0.05) is 18.0 Å². The molecule has 2 aromatic heterocycles. The number of aromatic amines is 1. The second-order valence-electron chi connectivity index (χ2n) is 7.32. The van der Waals surface area contributed by atoms with Gasteiger partial charge in [-0.25, -0.2) is 4.98 Å². The quantitative estimate of drug-likeness (QED) is 0.614. The van der Waals surface area contributed by atoms with Crippen LogP contribution in [0.4, 0.5) is 0 Å². The third-order valence-electron chi connectivity index (χ3n) is 4.85. The lowest BCUT2D eigenvalue weighted by Gasteiger charge is -2.20. The number of carbonyl (C=O) groups is 1. The number of thioether (sulfide) groups is 1. The molecular weight excluding hydrogens is 390 g/mol. The molecule has 3 aromatic rings. The molecule has 0 fully saturated rings. The number of hydrogen-bond acceptors (Lipinski definition) is 5. The van der Waals surface area contributed by atoms with Crippen molar-refractivity contribution in [3.05, 3.63) is 55.9 Å². The van der Waals surface area contributed by atoms with Crippen LogP contribution in [0, 0.1) is 20.8 Å². The van der Waals surface area contributed by atoms with Crippen LogP contribution in [0.1, 0.15) is 46.0 Å². The van der Waals surface area contributed by atoms with Crippen molar-refractivity contribution in [3.8, 4) is 0 Å². The highest BCUT2D eigenvalue weighted by atomic mass is 32.2. The van der Waals surface area contributed by atoms with E-state index in [0.717, 1.165) is 0 Å². The zero-order chi connectivity index (χ0) is 20.6. The van der Waals surface area contributed by atoms with Crippen LogP contribution in [-0.4, -0.2) is 33.9 Å². The summed E-state index contributed by atoms with van der Waals surface area (Å²) in [6.45, 7) is 9.90. The van der Waals surface area contributed by atoms with Crippen molar-refractivity contribution >= 4 is 39.2 Å². The van der Waals surface area contributed by atoms with Gasteiger partial charge in [0.25, 0.3) is 11.5 Å². The molecule has 0 aliphatic carbocycles. The monoisotopic (exact) mass is 415 g/mol. The molecule has 0 unspecified atom stereocenters. The Morgan fingerprint density at radius 1 is 1.29 bits per heavy atom. The predicted octanol–water partition coefficient (Wildman–Crippen LogP) is 4.68. The molecule has 0 radical (unpaired) electrons. The van der Waals surface area contributed by atoms with Crippen molar-refractivity contribution < 1.29 is 4.79 Å². The Bertz CT molecular complexity index is 1100. The number of amides is 1. The first-order valence-corrected chi connectivity index (χ1v) is 11.0. The van der Waals surface area contributed by atoms with Crippen LogP contribution in [0.5, 0.6) is 0 Å². The van der Waals surface area contributed by atoms with Crippen LogP contribution in [0.3, 0.4) is 0 Å². The summed E-state index contributed by atoms with van der Waals surface area (Å²) in [6, 6.07) is 6.42. The Kier molecular flexibility index (Phi) is 5.95. The maximum Gasteiger partial charge on any atom is 0.264 e. The molecule has 28 heavy (non-hydrogen) atoms. The fourth-order valence-electron chi connectivity index (χ4n) is 2.86. The van der Waals surface area contributed by atoms with Gasteiger partial charge in [-0.3, -0.25) is 9.59 Å². The number of benzene rings is 1. The maximum atomic E-state index is 12.7. The highest BCUT2D eigenvalue weighted by Gasteiger charge is 2.23. The van der Waals surface area contributed by atoms with E-state index >= 15 is 0 Å². The first-order valence-electron chi connectivity index (χ1n) is 9.18. The van der Waals surface area contributed by atoms with Gasteiger partial charge in [0.15, 0.2) is 0 Å². The zero-order valence-electron chi connectivity index (χ0n) is 17.0. The molecule has 7 heteroatoms. The van der Waals surface area contributed by atoms with Gasteiger partial charge in [-0.1, -0.05) is 17.7 Å². The van der Waals surface area contributed by atoms with E-state index in [1.165, 1.54) is 27.4 Å². The third-order valence-corrected chi connectivity index (χ3v) is 7.19. The molecule has 0 spiro atoms. The van der Waals surface area contributed by atoms with Gasteiger partial charge in [-0.15, -0.1) is 23.1 Å². The van der Waals surface area contributed by atoms with E-state index in [9.17, 15) is 9.59 Å². The van der Waals surface area contributed by atoms with E-state index in [1.54, 1.807) is 23.7 Å². The molecule has 0 atom stereocenters. The van der Waals surface area contributed by atoms with E-state index < -0.39 is 0 Å². The Morgan fingerprint density at radius 3 is 2.68 bits per heavy atom. The summed E-state index contributed by atoms with van der Waals surface area (Å²) in [5, 5.41) is 0.519. The molecular formula is C21H25N3O2S2. The molecule has 148 valence electrons. The fraction of sp³-hybridized carbons (Fsp3) is 0.381. The van der Waals surface area contributed by atoms with Crippen molar-refractivity contribution in [3.63, 3.8) is 0 Å². The highest BCUT2D eigenvalue weighted by molar-refractivity contribution is 7.98. The van der Waals surface area contributed by atoms with Crippen LogP contribution in [0.15, 0.2) is 27.9 Å². The summed E-state index contributed by atoms with van der Waals surface area (Å²) in [6.07, 6.45) is 0. The molecule has 0 saturated carbocycles. The lowest BCUT2D eigenvalue weighted by Crippen LogP contribution is -2.32. The molecule has 0 aliphatic heterocycles. The number of aryl methyl sites for hydroxylation is 3. The summed E-state index contributed by atoms with van der Waals surface area (Å²) in [7, 11) is 1.78. The summed E-state index contributed by atoms with van der Waals surface area (Å²) in [5.74, 6) is 1.13. The summed E-state index contributed by atoms with van der Waals surface area (Å²) >= 11 is 2.96. The number of hydrogen-bond donors (Lipinski definition) is 1. The Labute approximate surface area is 173 Å². The van der Waals surface area contributed by atoms with E-state index in [1.807, 2.05) is 20.8 Å². The number of thiophene rings is 1. The molecule has 3 rings (SSSR count). The van der Waals surface area contributed by atoms with Gasteiger partial charge < -0.3 is 9.88 Å². The maximum absolute atomic E-state index is 12.7. The van der Waals surface area contributed by atoms with Gasteiger partial charge in [-0.05, 0) is 51.8 Å². The van der Waals surface area contributed by atoms with Crippen LogP contribution < -0.4 is 5.56 Å². The molecule has 5 nitrogen and oxygen atoms in total. The van der Waals surface area contributed by atoms with E-state index in [4.69, 9.17) is 0 Å². The molecule has 0 aliphatic rings. The van der Waals surface area contributed by atoms with Crippen molar-refractivity contribution in [1.29, 1.82) is 0 Å². The zero-order valence-corrected chi connectivity index (χ0v) is 18.7. The number of carbonyl (C=O) groups excluding carboxylic acids is 1. The Hall–Kier alpha value is -2.12. The average Bonchev–Trinajstić information content (AvgIpc) is 2.98. The molecule has 1 aromatic carbocycles. The van der Waals surface area contributed by atoms with Gasteiger partial charge in [-0.2, -0.15) is 0 Å². The van der Waals surface area contributed by atoms with E-state index in [0.29, 0.717) is 32.2 Å². The topological polar surface area (TPSA) is 66.1 Å². The highest BCUT2D eigenvalue weighted by Crippen LogP contribution is 2.30. The molecule has 0 saturated heterocycles. The summed E-state index contributed by atoms with van der Waals surface area (Å²) < 4.78 is 0. The number of rotatable bonds is 5. The molecule has 1 N–H and O–H groups in total. The molecule has 0 bridgehead atoms. The minimum Gasteiger partial charge on any atom is -0.339 e. The number of H-pyrrole nitrogens is 1. The van der Waals surface area contributed by atoms with Gasteiger partial charge in [0.05, 0.1) is 16.0 Å². The SMILES string of the molecule is Cc1ccc(C)c(SCc2nc3sc(C(=O)N(C)C(C)C)c(C)c3c(=O)[nH]2)c1. The smallest absolute Gasteiger partial charge is 0.264 e. The van der Waals surface area contributed by atoms with E-state index in [-0.39, 0.29) is 17.5 Å². The van der Waals surface area contributed by atoms with E-state index in [2.05, 4.69) is 42.0 Å². The minimum absolute atomic E-state index is 0.0683. The van der Waals surface area contributed by atoms with Crippen LogP contribution in [0.2, 0.25) is 0 Å². The second kappa shape index (κ2) is 8.09. The largest absolute Gasteiger partial charge is 0.339 e. The van der Waals surface area contributed by atoms with Gasteiger partial charge in [0.1, 0.15) is 10.7 Å². The van der Waals surface area contributed by atoms with Gasteiger partial charge >= 0.3 is 0 Å². The molecule has 1 amide bonds. The average molecular weight is 416 g/mol. The fourth-order valence-corrected chi connectivity index (χ4v) is 5.04. The Balaban J connectivity index is 1.93. The first kappa shape index (κ1) is 20.6. The number of nitrogens with zero attached hydrogens (tertiary/aromatic N) is 2. The number of fused-ring (bicyclic) bond motifs is 1. The van der Waals surface area contributed by atoms with Crippen LogP contribution in [-0.2, 0) is 5.75 Å². The van der Waals surface area contributed by atoms with Crippen molar-refractivity contribution in [1.82, 2.24) is 14.9 Å². The normalized spacial score (nSPS) is 11.4. The number of aromatic nitrogens is 2. The van der Waals surface area contributed by atoms with Crippen molar-refractivity contribution in [2.24, 2.45) is 0 Å². The van der Waals surface area contributed by atoms with Crippen LogP contribution in [0.25, 0.3) is 10.2 Å². The van der Waals surface area contributed by atoms with Gasteiger partial charge in [0.2, 0.25) is 0 Å². The predicted molar refractivity (Wildman–Crippen MR) is 118 cm³/mol. The standard InChI is InChI=1S/C21H25N3O2S2/c1-11(2)24(6)21(26)18-14(5)17-19(25)22-16(23-20(17)28-18)10-27-15-9-12(3)7-8-13(15)4/h7-9,11H,10H2,1-6H3,(H,22,23,25).